The van der Waals surface area contributed by atoms with Crippen molar-refractivity contribution in [3.63, 3.8) is 0 Å². The van der Waals surface area contributed by atoms with Gasteiger partial charge in [0.25, 0.3) is 0 Å². The minimum absolute atomic E-state index is 0.0101. The molecule has 302 valence electrons. The molecule has 5 aliphatic rings. The van der Waals surface area contributed by atoms with Crippen molar-refractivity contribution in [2.75, 3.05) is 9.71 Å². The lowest BCUT2D eigenvalue weighted by molar-refractivity contribution is 0.195. The van der Waals surface area contributed by atoms with E-state index >= 15 is 0 Å². The number of hydrogen-bond donors (Lipinski definition) is 0. The smallest absolute Gasteiger partial charge is 0.333 e. The third-order valence-electron chi connectivity index (χ3n) is 16.7. The summed E-state index contributed by atoms with van der Waals surface area (Å²) in [6.45, 7) is 32.0. The number of thiophene rings is 1. The standard InChI is InChI=1S/C55H63BN2S/c1-32-18-14-15-19-42(32)58-48-35(20-21-44-46(48)37-30-38-39(31-45(37)59-44)53(10,11)25-24-52(38,8)9)36-26-33(50(2,3)4)29-43-47(36)56(58)41-28-34(51(5,6)7)27-40-49(41)57(43)55(13)23-17-16-22-54(40,55)12/h14-15,18-21,26-31H,16-17,22-25H2,1-13H3. The molecule has 11 rings (SSSR count). The molecule has 1 fully saturated rings. The maximum atomic E-state index is 2.92. The van der Waals surface area contributed by atoms with Crippen molar-refractivity contribution in [1.29, 1.82) is 0 Å². The highest BCUT2D eigenvalue weighted by Crippen LogP contribution is 2.63. The number of rotatable bonds is 1. The molecule has 3 aliphatic heterocycles. The number of fused-ring (bicyclic) bond motifs is 12. The van der Waals surface area contributed by atoms with Gasteiger partial charge in [-0.25, -0.2) is 0 Å². The van der Waals surface area contributed by atoms with Gasteiger partial charge in [-0.1, -0.05) is 131 Å². The van der Waals surface area contributed by atoms with E-state index in [2.05, 4.69) is 173 Å². The number of anilines is 4. The molecule has 2 aliphatic carbocycles. The van der Waals surface area contributed by atoms with Crippen LogP contribution in [0.5, 0.6) is 0 Å². The predicted octanol–water partition coefficient (Wildman–Crippen LogP) is 14.3. The monoisotopic (exact) mass is 794 g/mol. The van der Waals surface area contributed by atoms with Crippen LogP contribution in [0.3, 0.4) is 0 Å². The molecular weight excluding hydrogens is 731 g/mol. The van der Waals surface area contributed by atoms with Crippen LogP contribution in [0.2, 0.25) is 0 Å². The molecule has 2 unspecified atom stereocenters. The summed E-state index contributed by atoms with van der Waals surface area (Å²) in [6.07, 6.45) is 7.45. The van der Waals surface area contributed by atoms with Crippen molar-refractivity contribution < 1.29 is 0 Å². The largest absolute Gasteiger partial charge is 0.376 e. The zero-order valence-corrected chi connectivity index (χ0v) is 38.9. The normalized spacial score (nSPS) is 23.6. The van der Waals surface area contributed by atoms with E-state index in [1.54, 1.807) is 16.7 Å². The second-order valence-corrected chi connectivity index (χ2v) is 24.3. The summed E-state index contributed by atoms with van der Waals surface area (Å²) in [5, 5.41) is 2.86. The number of aryl methyl sites for hydroxylation is 1. The Morgan fingerprint density at radius 3 is 1.97 bits per heavy atom. The molecule has 0 spiro atoms. The number of para-hydroxylation sites is 1. The zero-order chi connectivity index (χ0) is 41.6. The van der Waals surface area contributed by atoms with Crippen LogP contribution < -0.4 is 20.6 Å². The molecule has 0 N–H and O–H groups in total. The molecule has 0 amide bonds. The third kappa shape index (κ3) is 4.88. The van der Waals surface area contributed by atoms with Crippen molar-refractivity contribution in [2.45, 2.75) is 161 Å². The van der Waals surface area contributed by atoms with Crippen LogP contribution in [-0.4, -0.2) is 12.4 Å². The van der Waals surface area contributed by atoms with Crippen molar-refractivity contribution >= 4 is 72.0 Å². The van der Waals surface area contributed by atoms with Gasteiger partial charge in [-0.3, -0.25) is 0 Å². The highest BCUT2D eigenvalue weighted by molar-refractivity contribution is 7.26. The Bertz CT molecular complexity index is 2820. The summed E-state index contributed by atoms with van der Waals surface area (Å²) in [5.74, 6) is 0. The topological polar surface area (TPSA) is 6.48 Å². The second-order valence-electron chi connectivity index (χ2n) is 23.2. The highest BCUT2D eigenvalue weighted by atomic mass is 32.1. The van der Waals surface area contributed by atoms with Gasteiger partial charge in [0.15, 0.2) is 0 Å². The summed E-state index contributed by atoms with van der Waals surface area (Å²) in [5.41, 5.74) is 20.7. The van der Waals surface area contributed by atoms with E-state index in [0.29, 0.717) is 0 Å². The summed E-state index contributed by atoms with van der Waals surface area (Å²) >= 11 is 2.01. The molecule has 1 aromatic heterocycles. The van der Waals surface area contributed by atoms with Crippen LogP contribution in [0.1, 0.15) is 155 Å². The molecule has 59 heavy (non-hydrogen) atoms. The molecule has 0 bridgehead atoms. The average molecular weight is 795 g/mol. The first-order valence-electron chi connectivity index (χ1n) is 22.7. The molecule has 0 saturated heterocycles. The SMILES string of the molecule is Cc1ccccc1N1B2c3cc(C(C)(C)C)cc4c3N(c3cc(C(C)(C)C)cc(c32)-c2ccc3sc5cc6c(cc5c3c21)C(C)(C)CCC6(C)C)C1(C)CCCCC41C. The van der Waals surface area contributed by atoms with Crippen molar-refractivity contribution in [2.24, 2.45) is 0 Å². The van der Waals surface area contributed by atoms with Gasteiger partial charge in [-0.2, -0.15) is 0 Å². The third-order valence-corrected chi connectivity index (χ3v) is 17.8. The maximum absolute atomic E-state index is 2.92. The van der Waals surface area contributed by atoms with E-state index in [4.69, 9.17) is 0 Å². The summed E-state index contributed by atoms with van der Waals surface area (Å²) < 4.78 is 2.82. The Kier molecular flexibility index (Phi) is 7.50. The lowest BCUT2D eigenvalue weighted by Crippen LogP contribution is -2.65. The Hall–Kier alpha value is -4.02. The molecule has 0 radical (unpaired) electrons. The number of hydrogen-bond acceptors (Lipinski definition) is 3. The van der Waals surface area contributed by atoms with Gasteiger partial charge in [0, 0.05) is 53.9 Å². The summed E-state index contributed by atoms with van der Waals surface area (Å²) in [6, 6.07) is 30.1. The van der Waals surface area contributed by atoms with Crippen LogP contribution in [0.25, 0.3) is 31.3 Å². The molecule has 4 heterocycles. The molecule has 6 aromatic rings. The second kappa shape index (κ2) is 11.7. The maximum Gasteiger partial charge on any atom is 0.333 e. The van der Waals surface area contributed by atoms with Crippen LogP contribution in [-0.2, 0) is 27.1 Å². The summed E-state index contributed by atoms with van der Waals surface area (Å²) in [4.78, 5) is 5.77. The quantitative estimate of drug-likeness (QED) is 0.153. The molecule has 5 aromatic carbocycles. The molecule has 4 heteroatoms. The molecular formula is C55H63BN2S. The Labute approximate surface area is 358 Å². The van der Waals surface area contributed by atoms with Gasteiger partial charge < -0.3 is 9.71 Å². The minimum atomic E-state index is -0.0188. The summed E-state index contributed by atoms with van der Waals surface area (Å²) in [7, 11) is 0. The number of benzene rings is 5. The van der Waals surface area contributed by atoms with E-state index in [0.717, 1.165) is 0 Å². The van der Waals surface area contributed by atoms with Gasteiger partial charge >= 0.3 is 6.85 Å². The van der Waals surface area contributed by atoms with Gasteiger partial charge in [0.05, 0.1) is 5.54 Å². The Morgan fingerprint density at radius 1 is 0.610 bits per heavy atom. The Balaban J connectivity index is 1.34. The van der Waals surface area contributed by atoms with E-state index in [1.165, 1.54) is 120 Å². The minimum Gasteiger partial charge on any atom is -0.376 e. The van der Waals surface area contributed by atoms with E-state index in [9.17, 15) is 0 Å². The molecule has 2 nitrogen and oxygen atoms in total. The van der Waals surface area contributed by atoms with E-state index < -0.39 is 0 Å². The first-order valence-corrected chi connectivity index (χ1v) is 23.5. The fourth-order valence-electron chi connectivity index (χ4n) is 12.7. The zero-order valence-electron chi connectivity index (χ0n) is 38.1. The Morgan fingerprint density at radius 2 is 1.27 bits per heavy atom. The van der Waals surface area contributed by atoms with E-state index in [1.807, 2.05) is 11.3 Å². The van der Waals surface area contributed by atoms with Crippen LogP contribution >= 0.6 is 11.3 Å². The van der Waals surface area contributed by atoms with Crippen LogP contribution in [0.15, 0.2) is 72.8 Å². The van der Waals surface area contributed by atoms with E-state index in [-0.39, 0.29) is 39.5 Å². The first kappa shape index (κ1) is 37.9. The lowest BCUT2D eigenvalue weighted by atomic mass is 9.42. The fourth-order valence-corrected chi connectivity index (χ4v) is 13.8. The van der Waals surface area contributed by atoms with Crippen molar-refractivity contribution in [1.82, 2.24) is 0 Å². The molecule has 2 atom stereocenters. The predicted molar refractivity (Wildman–Crippen MR) is 259 cm³/mol. The van der Waals surface area contributed by atoms with Gasteiger partial charge in [0.1, 0.15) is 0 Å². The lowest BCUT2D eigenvalue weighted by Gasteiger charge is -2.53. The highest BCUT2D eigenvalue weighted by Gasteiger charge is 2.62. The molecule has 1 saturated carbocycles. The van der Waals surface area contributed by atoms with Crippen molar-refractivity contribution in [3.05, 3.63) is 106 Å². The van der Waals surface area contributed by atoms with Gasteiger partial charge in [-0.05, 0) is 141 Å². The van der Waals surface area contributed by atoms with Gasteiger partial charge in [0.2, 0.25) is 0 Å². The van der Waals surface area contributed by atoms with Gasteiger partial charge in [-0.15, -0.1) is 11.3 Å². The van der Waals surface area contributed by atoms with Crippen molar-refractivity contribution in [3.8, 4) is 11.1 Å². The number of nitrogens with zero attached hydrogens (tertiary/aromatic N) is 2. The van der Waals surface area contributed by atoms with Crippen LogP contribution in [0.4, 0.5) is 22.7 Å². The van der Waals surface area contributed by atoms with Crippen LogP contribution in [0, 0.1) is 6.92 Å². The first-order chi connectivity index (χ1) is 27.7. The average Bonchev–Trinajstić information content (AvgIpc) is 3.64. The fraction of sp³-hybridized carbons (Fsp3) is 0.455.